The first-order chi connectivity index (χ1) is 17.7. The van der Waals surface area contributed by atoms with Gasteiger partial charge in [0, 0.05) is 17.0 Å². The predicted octanol–water partition coefficient (Wildman–Crippen LogP) is 4.00. The number of aliphatic hydroxyl groups is 2. The summed E-state index contributed by atoms with van der Waals surface area (Å²) in [6.07, 6.45) is -0.865. The van der Waals surface area contributed by atoms with Crippen LogP contribution < -0.4 is 11.1 Å². The van der Waals surface area contributed by atoms with Crippen LogP contribution in [-0.4, -0.2) is 45.3 Å². The maximum absolute atomic E-state index is 15.2. The Balaban J connectivity index is 1.31. The number of hydrogen-bond donors (Lipinski definition) is 4. The number of anilines is 1. The molecule has 2 fully saturated rings. The van der Waals surface area contributed by atoms with Gasteiger partial charge in [0.1, 0.15) is 41.6 Å². The highest BCUT2D eigenvalue weighted by atomic mass is 19.1. The number of ether oxygens (including phenoxy) is 1. The van der Waals surface area contributed by atoms with Crippen molar-refractivity contribution in [2.24, 2.45) is 0 Å². The van der Waals surface area contributed by atoms with Crippen molar-refractivity contribution in [2.75, 3.05) is 12.3 Å². The molecule has 1 aliphatic heterocycles. The Morgan fingerprint density at radius 1 is 1.19 bits per heavy atom. The molecule has 1 saturated heterocycles. The highest BCUT2D eigenvalue weighted by Crippen LogP contribution is 2.41. The number of halogens is 3. The zero-order valence-corrected chi connectivity index (χ0v) is 20.2. The molecule has 2 aromatic carbocycles. The largest absolute Gasteiger partial charge is 0.394 e. The summed E-state index contributed by atoms with van der Waals surface area (Å²) >= 11 is 0. The molecule has 3 aromatic rings. The third-order valence-corrected chi connectivity index (χ3v) is 7.06. The lowest BCUT2D eigenvalue weighted by Gasteiger charge is -2.28. The van der Waals surface area contributed by atoms with E-state index in [1.165, 1.54) is 24.4 Å². The molecule has 0 radical (unpaired) electrons. The van der Waals surface area contributed by atoms with Crippen LogP contribution in [-0.2, 0) is 4.74 Å². The van der Waals surface area contributed by atoms with Crippen molar-refractivity contribution in [1.82, 2.24) is 15.3 Å². The monoisotopic (exact) mass is 514 g/mol. The summed E-state index contributed by atoms with van der Waals surface area (Å²) in [7, 11) is 0. The summed E-state index contributed by atoms with van der Waals surface area (Å²) in [4.78, 5) is 8.76. The molecule has 37 heavy (non-hydrogen) atoms. The van der Waals surface area contributed by atoms with Crippen LogP contribution in [0.5, 0.6) is 0 Å². The molecule has 196 valence electrons. The first kappa shape index (κ1) is 25.6. The number of hydrogen-bond acceptors (Lipinski definition) is 7. The zero-order chi connectivity index (χ0) is 26.3. The Bertz CT molecular complexity index is 1270. The number of nitrogens with zero attached hydrogens (tertiary/aromatic N) is 2. The van der Waals surface area contributed by atoms with Gasteiger partial charge in [-0.25, -0.2) is 23.1 Å². The number of alkyl halides is 1. The predicted molar refractivity (Wildman–Crippen MR) is 131 cm³/mol. The molecule has 1 aliphatic carbocycles. The maximum Gasteiger partial charge on any atom is 0.150 e. The number of aromatic nitrogens is 2. The van der Waals surface area contributed by atoms with Crippen LogP contribution in [0.2, 0.25) is 0 Å². The molecule has 0 amide bonds. The van der Waals surface area contributed by atoms with Crippen LogP contribution in [0.15, 0.2) is 42.6 Å². The molecule has 10 heteroatoms. The van der Waals surface area contributed by atoms with Gasteiger partial charge in [0.25, 0.3) is 0 Å². The van der Waals surface area contributed by atoms with Gasteiger partial charge in [-0.1, -0.05) is 18.2 Å². The Morgan fingerprint density at radius 3 is 2.70 bits per heavy atom. The van der Waals surface area contributed by atoms with Crippen molar-refractivity contribution in [2.45, 2.75) is 62.8 Å². The quantitative estimate of drug-likeness (QED) is 0.352. The molecule has 6 atom stereocenters. The molecule has 1 saturated carbocycles. The minimum atomic E-state index is -1.33. The summed E-state index contributed by atoms with van der Waals surface area (Å²) in [5.41, 5.74) is 8.94. The second kappa shape index (κ2) is 10.4. The Hall–Kier alpha value is -3.05. The number of benzene rings is 2. The van der Waals surface area contributed by atoms with E-state index in [1.54, 1.807) is 25.1 Å². The third kappa shape index (κ3) is 5.47. The minimum Gasteiger partial charge on any atom is -0.394 e. The molecule has 2 heterocycles. The van der Waals surface area contributed by atoms with E-state index in [0.717, 1.165) is 5.56 Å². The lowest BCUT2D eigenvalue weighted by molar-refractivity contribution is 0.0363. The van der Waals surface area contributed by atoms with Crippen molar-refractivity contribution < 1.29 is 28.1 Å². The number of epoxide rings is 1. The molecule has 2 aliphatic rings. The van der Waals surface area contributed by atoms with E-state index in [2.05, 4.69) is 15.3 Å². The van der Waals surface area contributed by atoms with Crippen molar-refractivity contribution in [3.05, 3.63) is 76.6 Å². The van der Waals surface area contributed by atoms with E-state index in [-0.39, 0.29) is 24.8 Å². The van der Waals surface area contributed by atoms with Gasteiger partial charge < -0.3 is 20.7 Å². The molecule has 5 N–H and O–H groups in total. The average Bonchev–Trinajstić information content (AvgIpc) is 3.62. The van der Waals surface area contributed by atoms with Crippen LogP contribution in [0.3, 0.4) is 0 Å². The van der Waals surface area contributed by atoms with Crippen molar-refractivity contribution in [3.63, 3.8) is 0 Å². The average molecular weight is 515 g/mol. The van der Waals surface area contributed by atoms with Crippen LogP contribution in [0, 0.1) is 18.6 Å². The fraction of sp³-hybridized carbons (Fsp3) is 0.407. The third-order valence-electron chi connectivity index (χ3n) is 7.06. The highest BCUT2D eigenvalue weighted by Gasteiger charge is 2.43. The van der Waals surface area contributed by atoms with Gasteiger partial charge in [-0.3, -0.25) is 5.32 Å². The molecule has 1 aromatic heterocycles. The minimum absolute atomic E-state index is 0.127. The molecule has 0 bridgehead atoms. The number of aryl methyl sites for hydroxylation is 1. The lowest BCUT2D eigenvalue weighted by Crippen LogP contribution is -2.30. The van der Waals surface area contributed by atoms with E-state index in [0.29, 0.717) is 40.9 Å². The second-order valence-electron chi connectivity index (χ2n) is 9.80. The first-order valence-corrected chi connectivity index (χ1v) is 12.3. The van der Waals surface area contributed by atoms with Gasteiger partial charge in [0.05, 0.1) is 30.6 Å². The van der Waals surface area contributed by atoms with Crippen LogP contribution in [0.4, 0.5) is 19.0 Å². The molecule has 2 unspecified atom stereocenters. The standard InChI is InChI=1S/C27H29F3N4O3/c1-13-6-16(8-17(28)7-13)22(12-35)34-27-25(37-27)18-4-2-15(10-19(18)29)24-26(31)32-11-21(33-24)14-3-5-23(36)20(30)9-14/h2,4,6-8,10-11,14,20,22-23,25,27,34-36H,3,5,9,12H2,1H3,(H2,31,32)/t14-,20+,22+,23-,25?,27?/m0/s1. The first-order valence-electron chi connectivity index (χ1n) is 12.3. The highest BCUT2D eigenvalue weighted by molar-refractivity contribution is 5.70. The van der Waals surface area contributed by atoms with Gasteiger partial charge in [-0.15, -0.1) is 0 Å². The SMILES string of the molecule is Cc1cc(F)cc([C@@H](CO)NC2OC2c2ccc(-c3nc([C@H]4CC[C@H](O)[C@H](F)C4)cnc3N)cc2F)c1. The maximum atomic E-state index is 15.2. The van der Waals surface area contributed by atoms with Crippen LogP contribution in [0.1, 0.15) is 59.7 Å². The van der Waals surface area contributed by atoms with Crippen molar-refractivity contribution in [3.8, 4) is 11.3 Å². The van der Waals surface area contributed by atoms with E-state index >= 15 is 4.39 Å². The summed E-state index contributed by atoms with van der Waals surface area (Å²) in [5, 5.41) is 22.6. The summed E-state index contributed by atoms with van der Waals surface area (Å²) in [6, 6.07) is 8.50. The van der Waals surface area contributed by atoms with Gasteiger partial charge in [0.15, 0.2) is 0 Å². The fourth-order valence-electron chi connectivity index (χ4n) is 4.99. The molecule has 7 nitrogen and oxygen atoms in total. The van der Waals surface area contributed by atoms with E-state index in [1.807, 2.05) is 0 Å². The Kier molecular flexibility index (Phi) is 7.17. The van der Waals surface area contributed by atoms with E-state index in [4.69, 9.17) is 10.5 Å². The molecule has 5 rings (SSSR count). The van der Waals surface area contributed by atoms with Crippen LogP contribution >= 0.6 is 0 Å². The Labute approximate surface area is 212 Å². The Morgan fingerprint density at radius 2 is 2.00 bits per heavy atom. The number of aliphatic hydroxyl groups excluding tert-OH is 2. The smallest absolute Gasteiger partial charge is 0.150 e. The normalized spacial score (nSPS) is 26.2. The zero-order valence-electron chi connectivity index (χ0n) is 20.2. The molecule has 0 spiro atoms. The van der Waals surface area contributed by atoms with E-state index in [9.17, 15) is 19.0 Å². The van der Waals surface area contributed by atoms with Gasteiger partial charge in [-0.2, -0.15) is 0 Å². The number of rotatable bonds is 7. The second-order valence-corrected chi connectivity index (χ2v) is 9.80. The number of nitrogens with one attached hydrogen (secondary N) is 1. The summed E-state index contributed by atoms with van der Waals surface area (Å²) < 4.78 is 48.6. The van der Waals surface area contributed by atoms with Crippen molar-refractivity contribution >= 4 is 5.82 Å². The van der Waals surface area contributed by atoms with Gasteiger partial charge in [-0.05, 0) is 55.5 Å². The van der Waals surface area contributed by atoms with Crippen LogP contribution in [0.25, 0.3) is 11.3 Å². The fourth-order valence-corrected chi connectivity index (χ4v) is 4.99. The topological polar surface area (TPSA) is 117 Å². The summed E-state index contributed by atoms with van der Waals surface area (Å²) in [6.45, 7) is 1.48. The molecular weight excluding hydrogens is 485 g/mol. The van der Waals surface area contributed by atoms with Gasteiger partial charge in [0.2, 0.25) is 0 Å². The summed E-state index contributed by atoms with van der Waals surface area (Å²) in [5.74, 6) is -1.00. The van der Waals surface area contributed by atoms with E-state index < -0.39 is 42.3 Å². The van der Waals surface area contributed by atoms with Crippen molar-refractivity contribution in [1.29, 1.82) is 0 Å². The number of nitrogen functional groups attached to an aromatic ring is 1. The lowest BCUT2D eigenvalue weighted by atomic mass is 9.84. The number of nitrogens with two attached hydrogens (primary N) is 1. The molecular formula is C27H29F3N4O3. The van der Waals surface area contributed by atoms with Gasteiger partial charge >= 0.3 is 0 Å².